The molecule has 0 aliphatic carbocycles. The van der Waals surface area contributed by atoms with Gasteiger partial charge >= 0.3 is 5.97 Å². The van der Waals surface area contributed by atoms with Gasteiger partial charge in [0.25, 0.3) is 0 Å². The predicted octanol–water partition coefficient (Wildman–Crippen LogP) is 2.86. The highest BCUT2D eigenvalue weighted by atomic mass is 16.4. The average Bonchev–Trinajstić information content (AvgIpc) is 2.27. The molecular formula is C13H17NO3. The van der Waals surface area contributed by atoms with E-state index < -0.39 is 5.97 Å². The zero-order valence-corrected chi connectivity index (χ0v) is 10.3. The summed E-state index contributed by atoms with van der Waals surface area (Å²) >= 11 is 0. The van der Waals surface area contributed by atoms with Crippen molar-refractivity contribution in [1.82, 2.24) is 0 Å². The fraction of sp³-hybridized carbons (Fsp3) is 0.385. The third-order valence-electron chi connectivity index (χ3n) is 2.77. The molecule has 0 spiro atoms. The number of carbonyl (C=O) groups excluding carboxylic acids is 1. The molecular weight excluding hydrogens is 218 g/mol. The van der Waals surface area contributed by atoms with Crippen molar-refractivity contribution < 1.29 is 14.7 Å². The summed E-state index contributed by atoms with van der Waals surface area (Å²) < 4.78 is 0. The molecule has 0 aliphatic rings. The molecule has 4 nitrogen and oxygen atoms in total. The van der Waals surface area contributed by atoms with E-state index in [0.717, 1.165) is 12.0 Å². The van der Waals surface area contributed by atoms with Crippen LogP contribution in [0.2, 0.25) is 0 Å². The van der Waals surface area contributed by atoms with Crippen LogP contribution >= 0.6 is 0 Å². The van der Waals surface area contributed by atoms with Crippen LogP contribution in [0.15, 0.2) is 18.2 Å². The molecule has 0 fully saturated rings. The first-order chi connectivity index (χ1) is 7.95. The Hall–Kier alpha value is -1.84. The van der Waals surface area contributed by atoms with E-state index in [1.807, 2.05) is 19.9 Å². The van der Waals surface area contributed by atoms with E-state index in [0.29, 0.717) is 11.6 Å². The lowest BCUT2D eigenvalue weighted by molar-refractivity contribution is -0.114. The van der Waals surface area contributed by atoms with Gasteiger partial charge in [0, 0.05) is 6.92 Å². The molecule has 1 rings (SSSR count). The number of hydrogen-bond acceptors (Lipinski definition) is 2. The van der Waals surface area contributed by atoms with Crippen LogP contribution in [0.4, 0.5) is 5.69 Å². The van der Waals surface area contributed by atoms with E-state index in [2.05, 4.69) is 5.32 Å². The second-order valence-corrected chi connectivity index (χ2v) is 4.10. The Morgan fingerprint density at radius 2 is 2.06 bits per heavy atom. The van der Waals surface area contributed by atoms with Crippen LogP contribution in [0.25, 0.3) is 0 Å². The fourth-order valence-electron chi connectivity index (χ4n) is 1.58. The molecule has 1 unspecified atom stereocenters. The van der Waals surface area contributed by atoms with Crippen molar-refractivity contribution in [2.24, 2.45) is 0 Å². The van der Waals surface area contributed by atoms with Crippen molar-refractivity contribution in [3.63, 3.8) is 0 Å². The fourth-order valence-corrected chi connectivity index (χ4v) is 1.58. The van der Waals surface area contributed by atoms with Crippen LogP contribution in [0.5, 0.6) is 0 Å². The van der Waals surface area contributed by atoms with Gasteiger partial charge in [0.2, 0.25) is 5.91 Å². The maximum Gasteiger partial charge on any atom is 0.337 e. The highest BCUT2D eigenvalue weighted by Crippen LogP contribution is 2.24. The van der Waals surface area contributed by atoms with Crippen molar-refractivity contribution >= 4 is 17.6 Å². The second kappa shape index (κ2) is 5.48. The maximum absolute atomic E-state index is 11.1. The molecule has 1 amide bonds. The Balaban J connectivity index is 3.17. The van der Waals surface area contributed by atoms with E-state index in [1.54, 1.807) is 12.1 Å². The highest BCUT2D eigenvalue weighted by molar-refractivity contribution is 6.00. The molecule has 0 bridgehead atoms. The molecule has 92 valence electrons. The van der Waals surface area contributed by atoms with Crippen LogP contribution in [-0.2, 0) is 4.79 Å². The summed E-state index contributed by atoms with van der Waals surface area (Å²) in [6.07, 6.45) is 0.943. The first kappa shape index (κ1) is 13.2. The molecule has 4 heteroatoms. The average molecular weight is 235 g/mol. The Morgan fingerprint density at radius 1 is 1.41 bits per heavy atom. The van der Waals surface area contributed by atoms with E-state index in [-0.39, 0.29) is 11.5 Å². The Kier molecular flexibility index (Phi) is 4.26. The Bertz CT molecular complexity index is 440. The van der Waals surface area contributed by atoms with E-state index in [9.17, 15) is 9.59 Å². The smallest absolute Gasteiger partial charge is 0.337 e. The number of carboxylic acids is 1. The summed E-state index contributed by atoms with van der Waals surface area (Å²) in [7, 11) is 0. The SMILES string of the molecule is CCC(C)c1ccc(NC(C)=O)c(C(=O)O)c1. The van der Waals surface area contributed by atoms with Crippen LogP contribution in [0.3, 0.4) is 0 Å². The molecule has 0 aromatic heterocycles. The number of carbonyl (C=O) groups is 2. The van der Waals surface area contributed by atoms with Crippen LogP contribution in [0, 0.1) is 0 Å². The number of anilines is 1. The third kappa shape index (κ3) is 3.31. The maximum atomic E-state index is 11.1. The van der Waals surface area contributed by atoms with Gasteiger partial charge in [0.05, 0.1) is 11.3 Å². The topological polar surface area (TPSA) is 66.4 Å². The van der Waals surface area contributed by atoms with Gasteiger partial charge in [-0.25, -0.2) is 4.79 Å². The standard InChI is InChI=1S/C13H17NO3/c1-4-8(2)10-5-6-12(14-9(3)15)11(7-10)13(16)17/h5-8H,4H2,1-3H3,(H,14,15)(H,16,17). The minimum atomic E-state index is -1.03. The number of amides is 1. The lowest BCUT2D eigenvalue weighted by atomic mass is 9.96. The zero-order chi connectivity index (χ0) is 13.0. The largest absolute Gasteiger partial charge is 0.478 e. The lowest BCUT2D eigenvalue weighted by Crippen LogP contribution is -2.11. The minimum Gasteiger partial charge on any atom is -0.478 e. The second-order valence-electron chi connectivity index (χ2n) is 4.10. The van der Waals surface area contributed by atoms with Gasteiger partial charge in [-0.05, 0) is 30.0 Å². The minimum absolute atomic E-state index is 0.137. The summed E-state index contributed by atoms with van der Waals surface area (Å²) in [5.74, 6) is -0.998. The van der Waals surface area contributed by atoms with Gasteiger partial charge in [0.15, 0.2) is 0 Å². The van der Waals surface area contributed by atoms with Crippen molar-refractivity contribution in [2.45, 2.75) is 33.1 Å². The monoisotopic (exact) mass is 235 g/mol. The molecule has 0 aliphatic heterocycles. The Morgan fingerprint density at radius 3 is 2.53 bits per heavy atom. The van der Waals surface area contributed by atoms with Gasteiger partial charge in [-0.3, -0.25) is 4.79 Å². The molecule has 0 radical (unpaired) electrons. The lowest BCUT2D eigenvalue weighted by Gasteiger charge is -2.13. The Labute approximate surface area is 101 Å². The number of benzene rings is 1. The van der Waals surface area contributed by atoms with Crippen molar-refractivity contribution in [1.29, 1.82) is 0 Å². The molecule has 0 saturated heterocycles. The first-order valence-electron chi connectivity index (χ1n) is 5.60. The van der Waals surface area contributed by atoms with Crippen LogP contribution in [0.1, 0.15) is 49.0 Å². The number of carboxylic acid groups (broad SMARTS) is 1. The molecule has 2 N–H and O–H groups in total. The number of nitrogens with one attached hydrogen (secondary N) is 1. The van der Waals surface area contributed by atoms with Gasteiger partial charge in [-0.15, -0.1) is 0 Å². The van der Waals surface area contributed by atoms with E-state index in [1.165, 1.54) is 6.92 Å². The summed E-state index contributed by atoms with van der Waals surface area (Å²) in [6, 6.07) is 5.12. The molecule has 0 saturated carbocycles. The first-order valence-corrected chi connectivity index (χ1v) is 5.60. The molecule has 0 heterocycles. The molecule has 17 heavy (non-hydrogen) atoms. The van der Waals surface area contributed by atoms with Gasteiger partial charge in [-0.2, -0.15) is 0 Å². The number of aromatic carboxylic acids is 1. The summed E-state index contributed by atoms with van der Waals surface area (Å²) in [5.41, 5.74) is 1.45. The summed E-state index contributed by atoms with van der Waals surface area (Å²) in [4.78, 5) is 22.1. The molecule has 1 aromatic carbocycles. The van der Waals surface area contributed by atoms with Crippen LogP contribution < -0.4 is 5.32 Å². The summed E-state index contributed by atoms with van der Waals surface area (Å²) in [6.45, 7) is 5.44. The zero-order valence-electron chi connectivity index (χ0n) is 10.3. The number of hydrogen-bond donors (Lipinski definition) is 2. The van der Waals surface area contributed by atoms with Crippen molar-refractivity contribution in [3.8, 4) is 0 Å². The van der Waals surface area contributed by atoms with Crippen molar-refractivity contribution in [3.05, 3.63) is 29.3 Å². The quantitative estimate of drug-likeness (QED) is 0.843. The molecule has 1 atom stereocenters. The molecule has 1 aromatic rings. The normalized spacial score (nSPS) is 11.9. The summed E-state index contributed by atoms with van der Waals surface area (Å²) in [5, 5.41) is 11.6. The highest BCUT2D eigenvalue weighted by Gasteiger charge is 2.13. The van der Waals surface area contributed by atoms with E-state index in [4.69, 9.17) is 5.11 Å². The van der Waals surface area contributed by atoms with E-state index >= 15 is 0 Å². The number of rotatable bonds is 4. The van der Waals surface area contributed by atoms with Crippen LogP contribution in [-0.4, -0.2) is 17.0 Å². The van der Waals surface area contributed by atoms with Crippen molar-refractivity contribution in [2.75, 3.05) is 5.32 Å². The predicted molar refractivity (Wildman–Crippen MR) is 66.4 cm³/mol. The third-order valence-corrected chi connectivity index (χ3v) is 2.77. The van der Waals surface area contributed by atoms with Gasteiger partial charge in [0.1, 0.15) is 0 Å². The van der Waals surface area contributed by atoms with Gasteiger partial charge < -0.3 is 10.4 Å². The van der Waals surface area contributed by atoms with Gasteiger partial charge in [-0.1, -0.05) is 19.9 Å².